The molecule has 3 rings (SSSR count). The quantitative estimate of drug-likeness (QED) is 0.493. The summed E-state index contributed by atoms with van der Waals surface area (Å²) < 4.78 is 14.0. The molecule has 168 valence electrons. The number of nitrogens with one attached hydrogen (secondary N) is 2. The number of hydrogen-bond donors (Lipinski definition) is 2. The van der Waals surface area contributed by atoms with Crippen LogP contribution in [0.1, 0.15) is 27.2 Å². The maximum Gasteiger partial charge on any atom is 0.191 e. The molecule has 0 aliphatic carbocycles. The lowest BCUT2D eigenvalue weighted by atomic mass is 10.1. The molecule has 2 saturated heterocycles. The highest BCUT2D eigenvalue weighted by Crippen LogP contribution is 2.20. The molecular weight excluding hydrogens is 381 g/mol. The molecule has 1 aromatic rings. The van der Waals surface area contributed by atoms with Crippen molar-refractivity contribution in [2.24, 2.45) is 10.9 Å². The Hall–Kier alpha value is -1.93. The predicted molar refractivity (Wildman–Crippen MR) is 122 cm³/mol. The molecule has 8 heteroatoms. The molecule has 3 heterocycles. The minimum atomic E-state index is -0.257. The number of aromatic nitrogens is 1. The highest BCUT2D eigenvalue weighted by atomic mass is 19.1. The van der Waals surface area contributed by atoms with Crippen molar-refractivity contribution in [3.05, 3.63) is 24.1 Å². The van der Waals surface area contributed by atoms with Gasteiger partial charge in [-0.25, -0.2) is 9.37 Å². The van der Waals surface area contributed by atoms with Crippen LogP contribution in [0.15, 0.2) is 23.3 Å². The van der Waals surface area contributed by atoms with Gasteiger partial charge in [-0.3, -0.25) is 4.99 Å². The fraction of sp³-hybridized carbons (Fsp3) is 0.727. The smallest absolute Gasteiger partial charge is 0.191 e. The van der Waals surface area contributed by atoms with Gasteiger partial charge in [-0.2, -0.15) is 0 Å². The molecule has 0 spiro atoms. The number of rotatable bonds is 8. The lowest BCUT2D eigenvalue weighted by Crippen LogP contribution is -2.47. The van der Waals surface area contributed by atoms with Gasteiger partial charge >= 0.3 is 0 Å². The van der Waals surface area contributed by atoms with Gasteiger partial charge in [0.25, 0.3) is 0 Å². The molecule has 2 atom stereocenters. The number of pyridine rings is 1. The highest BCUT2D eigenvalue weighted by Gasteiger charge is 2.26. The standard InChI is InChI=1S/C22H38FN7/c1-4-24-22(26-15-18(3)16-29-13-11-28(5-2)12-14-29)27-19-8-10-30(17-19)21-20(23)7-6-9-25-21/h6-7,9,18-19H,4-5,8,10-17H2,1-3H3,(H2,24,26,27). The van der Waals surface area contributed by atoms with E-state index in [0.717, 1.165) is 64.7 Å². The third-order valence-electron chi connectivity index (χ3n) is 5.95. The topological polar surface area (TPSA) is 59.0 Å². The third kappa shape index (κ3) is 6.54. The van der Waals surface area contributed by atoms with Crippen molar-refractivity contribution in [1.82, 2.24) is 25.4 Å². The van der Waals surface area contributed by atoms with E-state index < -0.39 is 0 Å². The Balaban J connectivity index is 1.47. The van der Waals surface area contributed by atoms with Crippen molar-refractivity contribution in [1.29, 1.82) is 0 Å². The van der Waals surface area contributed by atoms with Gasteiger partial charge in [0, 0.05) is 71.1 Å². The van der Waals surface area contributed by atoms with E-state index in [4.69, 9.17) is 4.99 Å². The van der Waals surface area contributed by atoms with Crippen LogP contribution in [0.25, 0.3) is 0 Å². The van der Waals surface area contributed by atoms with Crippen molar-refractivity contribution in [3.63, 3.8) is 0 Å². The monoisotopic (exact) mass is 419 g/mol. The first-order valence-electron chi connectivity index (χ1n) is 11.4. The van der Waals surface area contributed by atoms with Crippen LogP contribution >= 0.6 is 0 Å². The van der Waals surface area contributed by atoms with Gasteiger partial charge < -0.3 is 25.3 Å². The molecule has 0 amide bonds. The van der Waals surface area contributed by atoms with E-state index in [1.807, 2.05) is 4.90 Å². The number of guanidine groups is 1. The van der Waals surface area contributed by atoms with E-state index in [2.05, 4.69) is 46.2 Å². The number of halogens is 1. The number of anilines is 1. The van der Waals surface area contributed by atoms with E-state index in [1.54, 1.807) is 12.3 Å². The predicted octanol–water partition coefficient (Wildman–Crippen LogP) is 1.63. The lowest BCUT2D eigenvalue weighted by molar-refractivity contribution is 0.125. The van der Waals surface area contributed by atoms with E-state index in [0.29, 0.717) is 11.7 Å². The third-order valence-corrected chi connectivity index (χ3v) is 5.95. The molecule has 30 heavy (non-hydrogen) atoms. The second-order valence-electron chi connectivity index (χ2n) is 8.44. The summed E-state index contributed by atoms with van der Waals surface area (Å²) in [5.74, 6) is 1.55. The molecule has 2 N–H and O–H groups in total. The van der Waals surface area contributed by atoms with Crippen LogP contribution in [-0.2, 0) is 0 Å². The van der Waals surface area contributed by atoms with E-state index in [1.165, 1.54) is 19.2 Å². The van der Waals surface area contributed by atoms with Crippen molar-refractivity contribution >= 4 is 11.8 Å². The van der Waals surface area contributed by atoms with Gasteiger partial charge in [-0.15, -0.1) is 0 Å². The summed E-state index contributed by atoms with van der Waals surface area (Å²) in [6.45, 7) is 16.6. The lowest BCUT2D eigenvalue weighted by Gasteiger charge is -2.35. The van der Waals surface area contributed by atoms with Crippen molar-refractivity contribution in [3.8, 4) is 0 Å². The van der Waals surface area contributed by atoms with Crippen molar-refractivity contribution < 1.29 is 4.39 Å². The van der Waals surface area contributed by atoms with Crippen LogP contribution < -0.4 is 15.5 Å². The summed E-state index contributed by atoms with van der Waals surface area (Å²) in [5.41, 5.74) is 0. The molecular formula is C22H38FN7. The van der Waals surface area contributed by atoms with Gasteiger partial charge in [-0.05, 0) is 37.9 Å². The Kier molecular flexibility index (Phi) is 8.69. The van der Waals surface area contributed by atoms with Crippen molar-refractivity contribution in [2.75, 3.05) is 70.3 Å². The Bertz CT molecular complexity index is 675. The molecule has 0 saturated carbocycles. The Morgan fingerprint density at radius 3 is 2.70 bits per heavy atom. The summed E-state index contributed by atoms with van der Waals surface area (Å²) in [6, 6.07) is 3.34. The Morgan fingerprint density at radius 1 is 1.23 bits per heavy atom. The molecule has 0 aromatic carbocycles. The fourth-order valence-corrected chi connectivity index (χ4v) is 4.23. The summed E-state index contributed by atoms with van der Waals surface area (Å²) in [7, 11) is 0. The summed E-state index contributed by atoms with van der Waals surface area (Å²) in [5, 5.41) is 6.89. The fourth-order valence-electron chi connectivity index (χ4n) is 4.23. The maximum absolute atomic E-state index is 14.0. The molecule has 7 nitrogen and oxygen atoms in total. The molecule has 2 fully saturated rings. The van der Waals surface area contributed by atoms with Gasteiger partial charge in [0.15, 0.2) is 17.6 Å². The summed E-state index contributed by atoms with van der Waals surface area (Å²) in [4.78, 5) is 16.1. The SMILES string of the molecule is CCNC(=NCC(C)CN1CCN(CC)CC1)NC1CCN(c2ncccc2F)C1. The van der Waals surface area contributed by atoms with Gasteiger partial charge in [0.2, 0.25) is 0 Å². The first-order valence-corrected chi connectivity index (χ1v) is 11.4. The number of likely N-dealkylation sites (N-methyl/N-ethyl adjacent to an activating group) is 1. The van der Waals surface area contributed by atoms with Crippen LogP contribution in [0.3, 0.4) is 0 Å². The minimum absolute atomic E-state index is 0.238. The van der Waals surface area contributed by atoms with E-state index in [9.17, 15) is 4.39 Å². The zero-order valence-electron chi connectivity index (χ0n) is 18.8. The molecule has 2 aliphatic rings. The first-order chi connectivity index (χ1) is 14.6. The van der Waals surface area contributed by atoms with E-state index in [-0.39, 0.29) is 11.9 Å². The average molecular weight is 420 g/mol. The Labute approximate surface area is 180 Å². The zero-order chi connectivity index (χ0) is 21.3. The molecule has 0 radical (unpaired) electrons. The number of nitrogens with zero attached hydrogens (tertiary/aromatic N) is 5. The first kappa shape index (κ1) is 22.7. The summed E-state index contributed by atoms with van der Waals surface area (Å²) >= 11 is 0. The number of hydrogen-bond acceptors (Lipinski definition) is 5. The molecule has 0 bridgehead atoms. The minimum Gasteiger partial charge on any atom is -0.357 e. The van der Waals surface area contributed by atoms with Gasteiger partial charge in [-0.1, -0.05) is 13.8 Å². The van der Waals surface area contributed by atoms with E-state index >= 15 is 0 Å². The largest absolute Gasteiger partial charge is 0.357 e. The second-order valence-corrected chi connectivity index (χ2v) is 8.44. The van der Waals surface area contributed by atoms with Gasteiger partial charge in [0.05, 0.1) is 0 Å². The highest BCUT2D eigenvalue weighted by molar-refractivity contribution is 5.80. The van der Waals surface area contributed by atoms with Crippen LogP contribution in [0.5, 0.6) is 0 Å². The molecule has 2 unspecified atom stereocenters. The van der Waals surface area contributed by atoms with Crippen LogP contribution in [0.2, 0.25) is 0 Å². The Morgan fingerprint density at radius 2 is 2.00 bits per heavy atom. The zero-order valence-corrected chi connectivity index (χ0v) is 18.8. The molecule has 1 aromatic heterocycles. The maximum atomic E-state index is 14.0. The average Bonchev–Trinajstić information content (AvgIpc) is 3.21. The van der Waals surface area contributed by atoms with Crippen LogP contribution in [-0.4, -0.2) is 92.2 Å². The van der Waals surface area contributed by atoms with Crippen LogP contribution in [0.4, 0.5) is 10.2 Å². The van der Waals surface area contributed by atoms with Crippen molar-refractivity contribution in [2.45, 2.75) is 33.2 Å². The normalized spacial score (nSPS) is 22.3. The van der Waals surface area contributed by atoms with Crippen LogP contribution in [0, 0.1) is 11.7 Å². The van der Waals surface area contributed by atoms with Gasteiger partial charge in [0.1, 0.15) is 0 Å². The number of aliphatic imine (C=N–C) groups is 1. The summed E-state index contributed by atoms with van der Waals surface area (Å²) in [6.07, 6.45) is 2.59. The second kappa shape index (κ2) is 11.5. The molecule has 2 aliphatic heterocycles. The number of piperazine rings is 1.